The number of benzene rings is 2. The molecule has 0 saturated carbocycles. The number of fused-ring (bicyclic) bond motifs is 1. The van der Waals surface area contributed by atoms with E-state index in [0.29, 0.717) is 27.7 Å². The number of aryl methyl sites for hydroxylation is 2. The summed E-state index contributed by atoms with van der Waals surface area (Å²) in [5, 5.41) is 1.38. The van der Waals surface area contributed by atoms with Crippen LogP contribution in [0.1, 0.15) is 11.1 Å². The number of halogens is 1. The fourth-order valence-electron chi connectivity index (χ4n) is 2.44. The summed E-state index contributed by atoms with van der Waals surface area (Å²) in [6, 6.07) is 11.5. The monoisotopic (exact) mass is 358 g/mol. The molecule has 0 amide bonds. The second-order valence-corrected chi connectivity index (χ2v) is 5.97. The van der Waals surface area contributed by atoms with E-state index in [-0.39, 0.29) is 6.61 Å². The number of hydrogen-bond donors (Lipinski definition) is 0. The van der Waals surface area contributed by atoms with E-state index in [1.165, 1.54) is 6.07 Å². The van der Waals surface area contributed by atoms with Crippen molar-refractivity contribution in [3.8, 4) is 11.5 Å². The van der Waals surface area contributed by atoms with Crippen molar-refractivity contribution in [3.05, 3.63) is 69.0 Å². The SMILES string of the molecule is Cc1cc(=O)oc2c(C)c(OC(=O)COc3ccc(Cl)cc3)ccc12. The van der Waals surface area contributed by atoms with Crippen LogP contribution in [0.4, 0.5) is 0 Å². The highest BCUT2D eigenvalue weighted by Crippen LogP contribution is 2.28. The molecule has 3 rings (SSSR count). The average Bonchev–Trinajstić information content (AvgIpc) is 2.57. The predicted octanol–water partition coefficient (Wildman–Crippen LogP) is 4.05. The fourth-order valence-corrected chi connectivity index (χ4v) is 2.56. The summed E-state index contributed by atoms with van der Waals surface area (Å²) in [6.45, 7) is 3.30. The molecule has 0 aliphatic heterocycles. The Bertz CT molecular complexity index is 989. The number of carbonyl (C=O) groups excluding carboxylic acids is 1. The molecule has 2 aromatic carbocycles. The third-order valence-corrected chi connectivity index (χ3v) is 3.96. The maximum Gasteiger partial charge on any atom is 0.349 e. The first-order valence-corrected chi connectivity index (χ1v) is 7.95. The molecule has 0 spiro atoms. The second-order valence-electron chi connectivity index (χ2n) is 5.53. The molecule has 6 heteroatoms. The quantitative estimate of drug-likeness (QED) is 0.400. The van der Waals surface area contributed by atoms with Gasteiger partial charge in [-0.15, -0.1) is 0 Å². The van der Waals surface area contributed by atoms with Crippen LogP contribution in [-0.2, 0) is 4.79 Å². The summed E-state index contributed by atoms with van der Waals surface area (Å²) in [6.07, 6.45) is 0. The van der Waals surface area contributed by atoms with Crippen LogP contribution in [0, 0.1) is 13.8 Å². The standard InChI is InChI=1S/C19H15ClO5/c1-11-9-17(21)25-19-12(2)16(8-7-15(11)19)24-18(22)10-23-14-5-3-13(20)4-6-14/h3-9H,10H2,1-2H3. The highest BCUT2D eigenvalue weighted by Gasteiger charge is 2.13. The van der Waals surface area contributed by atoms with Crippen molar-refractivity contribution in [2.24, 2.45) is 0 Å². The summed E-state index contributed by atoms with van der Waals surface area (Å²) in [5.74, 6) is 0.275. The van der Waals surface area contributed by atoms with Crippen LogP contribution >= 0.6 is 11.6 Å². The van der Waals surface area contributed by atoms with Gasteiger partial charge in [-0.1, -0.05) is 11.6 Å². The molecule has 1 aromatic heterocycles. The zero-order chi connectivity index (χ0) is 18.0. The normalized spacial score (nSPS) is 10.7. The molecule has 1 heterocycles. The highest BCUT2D eigenvalue weighted by atomic mass is 35.5. The molecule has 0 aliphatic rings. The first-order chi connectivity index (χ1) is 11.9. The zero-order valence-electron chi connectivity index (χ0n) is 13.7. The smallest absolute Gasteiger partial charge is 0.349 e. The summed E-state index contributed by atoms with van der Waals surface area (Å²) in [5.41, 5.74) is 1.35. The van der Waals surface area contributed by atoms with Gasteiger partial charge >= 0.3 is 11.6 Å². The molecule has 0 radical (unpaired) electrons. The third kappa shape index (κ3) is 3.83. The third-order valence-electron chi connectivity index (χ3n) is 3.71. The molecule has 0 bridgehead atoms. The van der Waals surface area contributed by atoms with E-state index in [9.17, 15) is 9.59 Å². The Labute approximate surface area is 148 Å². The first-order valence-electron chi connectivity index (χ1n) is 7.57. The van der Waals surface area contributed by atoms with Crippen molar-refractivity contribution >= 4 is 28.5 Å². The Morgan fingerprint density at radius 1 is 1.12 bits per heavy atom. The molecule has 0 N–H and O–H groups in total. The van der Waals surface area contributed by atoms with Gasteiger partial charge in [0.05, 0.1) is 0 Å². The van der Waals surface area contributed by atoms with Crippen molar-refractivity contribution in [1.82, 2.24) is 0 Å². The lowest BCUT2D eigenvalue weighted by molar-refractivity contribution is -0.136. The topological polar surface area (TPSA) is 65.7 Å². The minimum Gasteiger partial charge on any atom is -0.482 e. The van der Waals surface area contributed by atoms with E-state index in [4.69, 9.17) is 25.5 Å². The van der Waals surface area contributed by atoms with E-state index in [1.807, 2.05) is 6.92 Å². The van der Waals surface area contributed by atoms with Gasteiger partial charge in [-0.05, 0) is 55.8 Å². The van der Waals surface area contributed by atoms with Crippen LogP contribution in [-0.4, -0.2) is 12.6 Å². The Morgan fingerprint density at radius 3 is 2.56 bits per heavy atom. The molecular formula is C19H15ClO5. The van der Waals surface area contributed by atoms with Gasteiger partial charge in [0.25, 0.3) is 0 Å². The number of esters is 1. The lowest BCUT2D eigenvalue weighted by Crippen LogP contribution is -2.18. The van der Waals surface area contributed by atoms with Crippen molar-refractivity contribution in [2.75, 3.05) is 6.61 Å². The molecule has 0 unspecified atom stereocenters. The second kappa shape index (κ2) is 6.99. The molecule has 3 aromatic rings. The maximum atomic E-state index is 12.0. The number of hydrogen-bond acceptors (Lipinski definition) is 5. The summed E-state index contributed by atoms with van der Waals surface area (Å²) in [4.78, 5) is 23.6. The Morgan fingerprint density at radius 2 is 1.84 bits per heavy atom. The van der Waals surface area contributed by atoms with Gasteiger partial charge in [0.1, 0.15) is 17.1 Å². The van der Waals surface area contributed by atoms with Crippen LogP contribution in [0.2, 0.25) is 5.02 Å². The van der Waals surface area contributed by atoms with E-state index in [2.05, 4.69) is 0 Å². The van der Waals surface area contributed by atoms with Gasteiger partial charge < -0.3 is 13.9 Å². The van der Waals surface area contributed by atoms with Crippen LogP contribution in [0.15, 0.2) is 51.7 Å². The largest absolute Gasteiger partial charge is 0.482 e. The van der Waals surface area contributed by atoms with Crippen LogP contribution in [0.5, 0.6) is 11.5 Å². The summed E-state index contributed by atoms with van der Waals surface area (Å²) < 4.78 is 15.9. The zero-order valence-corrected chi connectivity index (χ0v) is 14.4. The molecule has 0 fully saturated rings. The number of carbonyl (C=O) groups is 1. The fraction of sp³-hybridized carbons (Fsp3) is 0.158. The molecule has 25 heavy (non-hydrogen) atoms. The molecule has 128 valence electrons. The molecule has 0 saturated heterocycles. The van der Waals surface area contributed by atoms with E-state index >= 15 is 0 Å². The summed E-state index contributed by atoms with van der Waals surface area (Å²) >= 11 is 5.79. The first kappa shape index (κ1) is 17.0. The predicted molar refractivity (Wildman–Crippen MR) is 94.5 cm³/mol. The van der Waals surface area contributed by atoms with Crippen molar-refractivity contribution < 1.29 is 18.7 Å². The lowest BCUT2D eigenvalue weighted by Gasteiger charge is -2.10. The minimum atomic E-state index is -0.563. The van der Waals surface area contributed by atoms with Gasteiger partial charge in [0, 0.05) is 22.0 Å². The van der Waals surface area contributed by atoms with E-state index in [0.717, 1.165) is 10.9 Å². The molecule has 0 aliphatic carbocycles. The highest BCUT2D eigenvalue weighted by molar-refractivity contribution is 6.30. The number of rotatable bonds is 4. The lowest BCUT2D eigenvalue weighted by atomic mass is 10.1. The Kier molecular flexibility index (Phi) is 4.76. The van der Waals surface area contributed by atoms with Gasteiger partial charge in [-0.25, -0.2) is 9.59 Å². The van der Waals surface area contributed by atoms with Crippen LogP contribution < -0.4 is 15.1 Å². The molecular weight excluding hydrogens is 344 g/mol. The van der Waals surface area contributed by atoms with Gasteiger partial charge in [0.15, 0.2) is 6.61 Å². The minimum absolute atomic E-state index is 0.253. The van der Waals surface area contributed by atoms with Crippen molar-refractivity contribution in [2.45, 2.75) is 13.8 Å². The van der Waals surface area contributed by atoms with E-state index in [1.54, 1.807) is 43.3 Å². The Hall–Kier alpha value is -2.79. The van der Waals surface area contributed by atoms with E-state index < -0.39 is 11.6 Å². The average molecular weight is 359 g/mol. The molecule has 5 nitrogen and oxygen atoms in total. The molecule has 0 atom stereocenters. The van der Waals surface area contributed by atoms with Crippen molar-refractivity contribution in [1.29, 1.82) is 0 Å². The summed E-state index contributed by atoms with van der Waals surface area (Å²) in [7, 11) is 0. The Balaban J connectivity index is 1.76. The number of ether oxygens (including phenoxy) is 2. The van der Waals surface area contributed by atoms with Crippen LogP contribution in [0.3, 0.4) is 0 Å². The van der Waals surface area contributed by atoms with Crippen molar-refractivity contribution in [3.63, 3.8) is 0 Å². The van der Waals surface area contributed by atoms with Gasteiger partial charge in [-0.3, -0.25) is 0 Å². The van der Waals surface area contributed by atoms with Crippen LogP contribution in [0.25, 0.3) is 11.0 Å². The van der Waals surface area contributed by atoms with Gasteiger partial charge in [0.2, 0.25) is 0 Å². The maximum absolute atomic E-state index is 12.0. The van der Waals surface area contributed by atoms with Gasteiger partial charge in [-0.2, -0.15) is 0 Å².